The number of likely N-dealkylation sites (N-methyl/N-ethyl adjacent to an activating group) is 1. The van der Waals surface area contributed by atoms with E-state index < -0.39 is 11.9 Å². The first kappa shape index (κ1) is 11.1. The fourth-order valence-corrected chi connectivity index (χ4v) is 1.11. The van der Waals surface area contributed by atoms with Gasteiger partial charge in [0.1, 0.15) is 0 Å². The lowest BCUT2D eigenvalue weighted by Crippen LogP contribution is -2.12. The summed E-state index contributed by atoms with van der Waals surface area (Å²) < 4.78 is 10.3. The van der Waals surface area contributed by atoms with E-state index in [1.807, 2.05) is 0 Å². The van der Waals surface area contributed by atoms with Gasteiger partial charge in [-0.05, 0) is 6.58 Å². The van der Waals surface area contributed by atoms with Crippen molar-refractivity contribution < 1.29 is 23.8 Å². The van der Waals surface area contributed by atoms with Crippen LogP contribution in [-0.2, 0) is 19.1 Å². The standard InChI is InChI=1S/C9H11N2O4/c1-5-6(8(12)14-3)7(9(13)15-4)10-11(5)2/h1H2,2-4H3/q+1. The van der Waals surface area contributed by atoms with Crippen molar-refractivity contribution in [3.05, 3.63) is 23.5 Å². The van der Waals surface area contributed by atoms with Crippen LogP contribution in [0.2, 0.25) is 0 Å². The lowest BCUT2D eigenvalue weighted by molar-refractivity contribution is -0.503. The molecular weight excluding hydrogens is 200 g/mol. The predicted octanol–water partition coefficient (Wildman–Crippen LogP) is 0.208. The number of carbonyl (C=O) groups excluding carboxylic acids is 2. The number of hydrogen-bond acceptors (Lipinski definition) is 5. The van der Waals surface area contributed by atoms with Crippen LogP contribution in [0, 0.1) is 0 Å². The van der Waals surface area contributed by atoms with E-state index in [0.717, 1.165) is 0 Å². The van der Waals surface area contributed by atoms with Gasteiger partial charge in [0.2, 0.25) is 11.4 Å². The second-order valence-corrected chi connectivity index (χ2v) is 2.78. The smallest absolute Gasteiger partial charge is 0.364 e. The molecule has 0 saturated carbocycles. The first-order chi connectivity index (χ1) is 7.02. The highest BCUT2D eigenvalue weighted by atomic mass is 16.5. The zero-order valence-electron chi connectivity index (χ0n) is 8.73. The third-order valence-corrected chi connectivity index (χ3v) is 1.93. The number of carbonyl (C=O) groups is 2. The Labute approximate surface area is 86.5 Å². The van der Waals surface area contributed by atoms with Crippen molar-refractivity contribution in [3.63, 3.8) is 0 Å². The van der Waals surface area contributed by atoms with Crippen LogP contribution in [0.25, 0.3) is 0 Å². The average Bonchev–Trinajstić information content (AvgIpc) is 2.53. The van der Waals surface area contributed by atoms with Gasteiger partial charge in [-0.15, -0.1) is 0 Å². The van der Waals surface area contributed by atoms with Gasteiger partial charge < -0.3 is 9.47 Å². The SMILES string of the molecule is C=C1C(C(=O)OC)=C(C(=O)OC)N=[N+]1C. The molecule has 0 aromatic heterocycles. The summed E-state index contributed by atoms with van der Waals surface area (Å²) in [5.74, 6) is -1.35. The van der Waals surface area contributed by atoms with E-state index in [2.05, 4.69) is 21.2 Å². The third-order valence-electron chi connectivity index (χ3n) is 1.93. The van der Waals surface area contributed by atoms with Gasteiger partial charge in [0.15, 0.2) is 12.6 Å². The Hall–Kier alpha value is -1.98. The Morgan fingerprint density at radius 2 is 1.80 bits per heavy atom. The molecule has 1 aliphatic heterocycles. The fraction of sp³-hybridized carbons (Fsp3) is 0.333. The van der Waals surface area contributed by atoms with Crippen molar-refractivity contribution in [2.45, 2.75) is 0 Å². The highest BCUT2D eigenvalue weighted by molar-refractivity contribution is 6.03. The molecule has 6 nitrogen and oxygen atoms in total. The van der Waals surface area contributed by atoms with Crippen molar-refractivity contribution >= 4 is 11.9 Å². The van der Waals surface area contributed by atoms with Gasteiger partial charge in [0.05, 0.1) is 14.2 Å². The van der Waals surface area contributed by atoms with Gasteiger partial charge in [-0.3, -0.25) is 0 Å². The highest BCUT2D eigenvalue weighted by Gasteiger charge is 2.37. The first-order valence-electron chi connectivity index (χ1n) is 4.08. The molecule has 1 heterocycles. The summed E-state index contributed by atoms with van der Waals surface area (Å²) in [6.07, 6.45) is 0. The quantitative estimate of drug-likeness (QED) is 0.483. The minimum Gasteiger partial charge on any atom is -0.465 e. The Kier molecular flexibility index (Phi) is 2.99. The summed E-state index contributed by atoms with van der Waals surface area (Å²) in [6.45, 7) is 3.62. The van der Waals surface area contributed by atoms with E-state index >= 15 is 0 Å². The highest BCUT2D eigenvalue weighted by Crippen LogP contribution is 2.24. The summed E-state index contributed by atoms with van der Waals surface area (Å²) in [6, 6.07) is 0. The summed E-state index contributed by atoms with van der Waals surface area (Å²) in [5, 5.41) is 3.83. The largest absolute Gasteiger partial charge is 0.465 e. The van der Waals surface area contributed by atoms with E-state index in [4.69, 9.17) is 0 Å². The van der Waals surface area contributed by atoms with E-state index in [1.54, 1.807) is 7.05 Å². The third kappa shape index (κ3) is 1.78. The van der Waals surface area contributed by atoms with Gasteiger partial charge in [-0.1, -0.05) is 4.70 Å². The normalized spacial score (nSPS) is 15.1. The zero-order valence-corrected chi connectivity index (χ0v) is 8.73. The Balaban J connectivity index is 3.23. The van der Waals surface area contributed by atoms with Crippen molar-refractivity contribution in [2.24, 2.45) is 5.11 Å². The van der Waals surface area contributed by atoms with Gasteiger partial charge in [0.25, 0.3) is 0 Å². The molecule has 0 amide bonds. The second-order valence-electron chi connectivity index (χ2n) is 2.78. The van der Waals surface area contributed by atoms with Gasteiger partial charge >= 0.3 is 11.9 Å². The van der Waals surface area contributed by atoms with E-state index in [-0.39, 0.29) is 11.3 Å². The molecule has 1 aliphatic rings. The minimum absolute atomic E-state index is 0.0341. The van der Waals surface area contributed by atoms with Crippen LogP contribution >= 0.6 is 0 Å². The number of methoxy groups -OCH3 is 2. The summed E-state index contributed by atoms with van der Waals surface area (Å²) >= 11 is 0. The van der Waals surface area contributed by atoms with Crippen LogP contribution < -0.4 is 0 Å². The number of hydrogen-bond donors (Lipinski definition) is 0. The van der Waals surface area contributed by atoms with Crippen molar-refractivity contribution in [3.8, 4) is 0 Å². The van der Waals surface area contributed by atoms with Crippen LogP contribution in [0.5, 0.6) is 0 Å². The second kappa shape index (κ2) is 4.04. The number of nitrogens with zero attached hydrogens (tertiary/aromatic N) is 2. The molecule has 0 atom stereocenters. The van der Waals surface area contributed by atoms with Crippen LogP contribution in [-0.4, -0.2) is 37.9 Å². The van der Waals surface area contributed by atoms with Crippen molar-refractivity contribution in [1.29, 1.82) is 0 Å². The molecule has 0 bridgehead atoms. The molecule has 80 valence electrons. The van der Waals surface area contributed by atoms with Crippen LogP contribution in [0.4, 0.5) is 0 Å². The monoisotopic (exact) mass is 211 g/mol. The molecule has 6 heteroatoms. The maximum absolute atomic E-state index is 11.4. The molecule has 0 aromatic rings. The van der Waals surface area contributed by atoms with Crippen molar-refractivity contribution in [2.75, 3.05) is 21.3 Å². The number of esters is 2. The number of rotatable bonds is 2. The topological polar surface area (TPSA) is 68.0 Å². The van der Waals surface area contributed by atoms with E-state index in [1.165, 1.54) is 18.9 Å². The molecule has 0 N–H and O–H groups in total. The van der Waals surface area contributed by atoms with Gasteiger partial charge in [-0.25, -0.2) is 9.59 Å². The molecule has 0 aliphatic carbocycles. The molecule has 1 rings (SSSR count). The lowest BCUT2D eigenvalue weighted by atomic mass is 10.1. The molecule has 0 spiro atoms. The Morgan fingerprint density at radius 3 is 2.27 bits per heavy atom. The Bertz CT molecular complexity index is 406. The Morgan fingerprint density at radius 1 is 1.27 bits per heavy atom. The molecule has 0 aromatic carbocycles. The first-order valence-corrected chi connectivity index (χ1v) is 4.08. The number of azo groups is 2. The number of ether oxygens (including phenoxy) is 2. The maximum atomic E-state index is 11.4. The maximum Gasteiger partial charge on any atom is 0.364 e. The minimum atomic E-state index is -0.694. The summed E-state index contributed by atoms with van der Waals surface area (Å²) in [4.78, 5) is 22.7. The average molecular weight is 211 g/mol. The molecule has 15 heavy (non-hydrogen) atoms. The van der Waals surface area contributed by atoms with E-state index in [0.29, 0.717) is 5.70 Å². The van der Waals surface area contributed by atoms with Gasteiger partial charge in [0, 0.05) is 5.11 Å². The fourth-order valence-electron chi connectivity index (χ4n) is 1.11. The predicted molar refractivity (Wildman–Crippen MR) is 48.8 cm³/mol. The lowest BCUT2D eigenvalue weighted by Gasteiger charge is -1.98. The molecular formula is C9H11N2O4+. The molecule has 0 radical (unpaired) electrons. The molecule has 0 fully saturated rings. The summed E-state index contributed by atoms with van der Waals surface area (Å²) in [7, 11) is 4.00. The zero-order chi connectivity index (χ0) is 11.6. The van der Waals surface area contributed by atoms with Crippen molar-refractivity contribution in [1.82, 2.24) is 0 Å². The molecule has 0 saturated heterocycles. The molecule has 0 unspecified atom stereocenters. The van der Waals surface area contributed by atoms with Crippen LogP contribution in [0.1, 0.15) is 0 Å². The van der Waals surface area contributed by atoms with Gasteiger partial charge in [-0.2, -0.15) is 0 Å². The van der Waals surface area contributed by atoms with E-state index in [9.17, 15) is 9.59 Å². The van der Waals surface area contributed by atoms with Crippen LogP contribution in [0.3, 0.4) is 0 Å². The van der Waals surface area contributed by atoms with Crippen LogP contribution in [0.15, 0.2) is 28.7 Å². The summed E-state index contributed by atoms with van der Waals surface area (Å²) in [5.41, 5.74) is 0.256.